The summed E-state index contributed by atoms with van der Waals surface area (Å²) in [4.78, 5) is 27.8. The van der Waals surface area contributed by atoms with Crippen LogP contribution in [0, 0.1) is 17.0 Å². The van der Waals surface area contributed by atoms with Gasteiger partial charge in [-0.25, -0.2) is 4.98 Å². The van der Waals surface area contributed by atoms with Crippen LogP contribution in [0.15, 0.2) is 72.9 Å². The second-order valence-electron chi connectivity index (χ2n) is 7.12. The summed E-state index contributed by atoms with van der Waals surface area (Å²) >= 11 is 0. The number of fused-ring (bicyclic) bond motifs is 1. The summed E-state index contributed by atoms with van der Waals surface area (Å²) in [5.74, 6) is 0.805. The number of rotatable bonds is 6. The lowest BCUT2D eigenvalue weighted by atomic mass is 10.1. The van der Waals surface area contributed by atoms with E-state index in [9.17, 15) is 14.9 Å². The van der Waals surface area contributed by atoms with Crippen LogP contribution in [0.5, 0.6) is 5.75 Å². The molecule has 0 aliphatic carbocycles. The van der Waals surface area contributed by atoms with Gasteiger partial charge in [0, 0.05) is 30.0 Å². The Hall–Kier alpha value is -4.46. The van der Waals surface area contributed by atoms with Crippen LogP contribution in [0.4, 0.5) is 11.5 Å². The number of methoxy groups -OCH3 is 1. The normalized spacial score (nSPS) is 11.1. The van der Waals surface area contributed by atoms with Crippen LogP contribution in [0.25, 0.3) is 23.0 Å². The minimum Gasteiger partial charge on any atom is -0.496 e. The molecule has 8 nitrogen and oxygen atoms in total. The molecule has 0 saturated carbocycles. The first kappa shape index (κ1) is 20.8. The maximum atomic E-state index is 12.7. The number of benzene rings is 2. The zero-order chi connectivity index (χ0) is 22.7. The molecule has 2 aromatic heterocycles. The monoisotopic (exact) mass is 428 g/mol. The van der Waals surface area contributed by atoms with E-state index in [2.05, 4.69) is 5.32 Å². The lowest BCUT2D eigenvalue weighted by molar-refractivity contribution is -0.384. The standard InChI is InChI=1S/C24H20N4O4/c1-16-7-13-21-25-23(19-5-3-4-6-20(19)32-2)24(27(21)15-16)26-22(29)14-10-17-8-11-18(12-9-17)28(30)31/h3-15H,1-2H3,(H,26,29)/b14-10+. The van der Waals surface area contributed by atoms with Crippen molar-refractivity contribution >= 4 is 29.1 Å². The lowest BCUT2D eigenvalue weighted by Gasteiger charge is -2.09. The molecular formula is C24H20N4O4. The van der Waals surface area contributed by atoms with Gasteiger partial charge in [-0.3, -0.25) is 19.3 Å². The third-order valence-corrected chi connectivity index (χ3v) is 4.90. The molecule has 8 heteroatoms. The lowest BCUT2D eigenvalue weighted by Crippen LogP contribution is -2.11. The van der Waals surface area contributed by atoms with Crippen molar-refractivity contribution in [2.75, 3.05) is 12.4 Å². The number of para-hydroxylation sites is 1. The van der Waals surface area contributed by atoms with Gasteiger partial charge in [-0.15, -0.1) is 0 Å². The van der Waals surface area contributed by atoms with Crippen molar-refractivity contribution in [3.05, 3.63) is 94.2 Å². The summed E-state index contributed by atoms with van der Waals surface area (Å²) in [6.07, 6.45) is 4.87. The number of anilines is 1. The topological polar surface area (TPSA) is 98.8 Å². The molecule has 4 rings (SSSR count). The van der Waals surface area contributed by atoms with E-state index in [-0.39, 0.29) is 11.6 Å². The zero-order valence-corrected chi connectivity index (χ0v) is 17.5. The first-order valence-corrected chi connectivity index (χ1v) is 9.82. The van der Waals surface area contributed by atoms with Crippen LogP contribution in [0.3, 0.4) is 0 Å². The summed E-state index contributed by atoms with van der Waals surface area (Å²) in [7, 11) is 1.59. The summed E-state index contributed by atoms with van der Waals surface area (Å²) in [6, 6.07) is 17.3. The number of imidazole rings is 1. The molecule has 4 aromatic rings. The molecule has 0 spiro atoms. The van der Waals surface area contributed by atoms with Gasteiger partial charge < -0.3 is 10.1 Å². The molecule has 0 fully saturated rings. The van der Waals surface area contributed by atoms with E-state index < -0.39 is 4.92 Å². The van der Waals surface area contributed by atoms with E-state index in [0.29, 0.717) is 28.5 Å². The summed E-state index contributed by atoms with van der Waals surface area (Å²) in [6.45, 7) is 1.96. The van der Waals surface area contributed by atoms with Crippen LogP contribution >= 0.6 is 0 Å². The average molecular weight is 428 g/mol. The Balaban J connectivity index is 1.69. The summed E-state index contributed by atoms with van der Waals surface area (Å²) in [5.41, 5.74) is 3.71. The van der Waals surface area contributed by atoms with E-state index in [0.717, 1.165) is 11.1 Å². The molecule has 0 aliphatic rings. The number of carbonyl (C=O) groups is 1. The highest BCUT2D eigenvalue weighted by molar-refractivity contribution is 6.04. The van der Waals surface area contributed by atoms with Gasteiger partial charge in [0.15, 0.2) is 0 Å². The van der Waals surface area contributed by atoms with Crippen molar-refractivity contribution < 1.29 is 14.5 Å². The number of hydrogen-bond acceptors (Lipinski definition) is 5. The zero-order valence-electron chi connectivity index (χ0n) is 17.5. The van der Waals surface area contributed by atoms with Gasteiger partial charge in [0.25, 0.3) is 5.69 Å². The Morgan fingerprint density at radius 1 is 1.12 bits per heavy atom. The van der Waals surface area contributed by atoms with Crippen molar-refractivity contribution in [1.29, 1.82) is 0 Å². The van der Waals surface area contributed by atoms with Crippen molar-refractivity contribution in [2.45, 2.75) is 6.92 Å². The Morgan fingerprint density at radius 3 is 2.59 bits per heavy atom. The summed E-state index contributed by atoms with van der Waals surface area (Å²) in [5, 5.41) is 13.7. The Kier molecular flexibility index (Phi) is 5.67. The van der Waals surface area contributed by atoms with Crippen LogP contribution in [-0.4, -0.2) is 27.3 Å². The molecule has 2 heterocycles. The molecule has 0 atom stereocenters. The molecule has 0 unspecified atom stereocenters. The van der Waals surface area contributed by atoms with Crippen molar-refractivity contribution in [3.63, 3.8) is 0 Å². The predicted octanol–water partition coefficient (Wildman–Crippen LogP) is 4.88. The van der Waals surface area contributed by atoms with E-state index in [1.165, 1.54) is 18.2 Å². The van der Waals surface area contributed by atoms with E-state index in [1.54, 1.807) is 25.3 Å². The number of carbonyl (C=O) groups excluding carboxylic acids is 1. The third kappa shape index (κ3) is 4.20. The second-order valence-corrected chi connectivity index (χ2v) is 7.12. The molecular weight excluding hydrogens is 408 g/mol. The number of hydrogen-bond donors (Lipinski definition) is 1. The molecule has 160 valence electrons. The SMILES string of the molecule is COc1ccccc1-c1nc2ccc(C)cn2c1NC(=O)/C=C/c1ccc([N+](=O)[O-])cc1. The highest BCUT2D eigenvalue weighted by atomic mass is 16.6. The van der Waals surface area contributed by atoms with E-state index in [1.807, 2.05) is 53.9 Å². The highest BCUT2D eigenvalue weighted by Crippen LogP contribution is 2.35. The van der Waals surface area contributed by atoms with Gasteiger partial charge in [0.1, 0.15) is 22.9 Å². The number of pyridine rings is 1. The number of non-ortho nitro benzene ring substituents is 1. The third-order valence-electron chi connectivity index (χ3n) is 4.90. The smallest absolute Gasteiger partial charge is 0.269 e. The first-order valence-electron chi connectivity index (χ1n) is 9.82. The molecule has 0 aliphatic heterocycles. The van der Waals surface area contributed by atoms with Gasteiger partial charge in [0.05, 0.1) is 12.0 Å². The number of nitro benzene ring substituents is 1. The number of nitro groups is 1. The van der Waals surface area contributed by atoms with Gasteiger partial charge in [-0.05, 0) is 54.5 Å². The van der Waals surface area contributed by atoms with Crippen LogP contribution < -0.4 is 10.1 Å². The first-order chi connectivity index (χ1) is 15.5. The Bertz CT molecular complexity index is 1340. The number of aryl methyl sites for hydroxylation is 1. The molecule has 32 heavy (non-hydrogen) atoms. The summed E-state index contributed by atoms with van der Waals surface area (Å²) < 4.78 is 7.32. The van der Waals surface area contributed by atoms with E-state index >= 15 is 0 Å². The van der Waals surface area contributed by atoms with Crippen molar-refractivity contribution in [2.24, 2.45) is 0 Å². The molecule has 1 N–H and O–H groups in total. The molecule has 2 aromatic carbocycles. The Morgan fingerprint density at radius 2 is 1.88 bits per heavy atom. The largest absolute Gasteiger partial charge is 0.496 e. The predicted molar refractivity (Wildman–Crippen MR) is 123 cm³/mol. The fourth-order valence-electron chi connectivity index (χ4n) is 3.34. The molecule has 0 saturated heterocycles. The minimum atomic E-state index is -0.466. The van der Waals surface area contributed by atoms with Crippen LogP contribution in [-0.2, 0) is 4.79 Å². The number of amides is 1. The second kappa shape index (κ2) is 8.73. The van der Waals surface area contributed by atoms with Crippen LogP contribution in [0.1, 0.15) is 11.1 Å². The highest BCUT2D eigenvalue weighted by Gasteiger charge is 2.18. The quantitative estimate of drug-likeness (QED) is 0.268. The average Bonchev–Trinajstić information content (AvgIpc) is 3.15. The number of ether oxygens (including phenoxy) is 1. The van der Waals surface area contributed by atoms with Gasteiger partial charge in [-0.2, -0.15) is 0 Å². The number of nitrogens with zero attached hydrogens (tertiary/aromatic N) is 3. The maximum Gasteiger partial charge on any atom is 0.269 e. The van der Waals surface area contributed by atoms with Crippen molar-refractivity contribution in [3.8, 4) is 17.0 Å². The van der Waals surface area contributed by atoms with Gasteiger partial charge in [0.2, 0.25) is 5.91 Å². The van der Waals surface area contributed by atoms with Gasteiger partial charge >= 0.3 is 0 Å². The maximum absolute atomic E-state index is 12.7. The molecule has 0 bridgehead atoms. The van der Waals surface area contributed by atoms with E-state index in [4.69, 9.17) is 9.72 Å². The van der Waals surface area contributed by atoms with Crippen molar-refractivity contribution in [1.82, 2.24) is 9.38 Å². The number of nitrogens with one attached hydrogen (secondary N) is 1. The fourth-order valence-corrected chi connectivity index (χ4v) is 3.34. The molecule has 1 amide bonds. The number of aromatic nitrogens is 2. The molecule has 0 radical (unpaired) electrons. The minimum absolute atomic E-state index is 0.00542. The fraction of sp³-hybridized carbons (Fsp3) is 0.0833. The van der Waals surface area contributed by atoms with Crippen LogP contribution in [0.2, 0.25) is 0 Å². The van der Waals surface area contributed by atoms with Gasteiger partial charge in [-0.1, -0.05) is 18.2 Å². The Labute approximate surface area is 183 Å².